The van der Waals surface area contributed by atoms with Crippen LogP contribution in [-0.2, 0) is 12.9 Å². The number of pyridine rings is 2. The number of aromatic nitrogens is 6. The van der Waals surface area contributed by atoms with Crippen molar-refractivity contribution in [2.24, 2.45) is 0 Å². The van der Waals surface area contributed by atoms with Crippen LogP contribution in [-0.4, -0.2) is 43.7 Å². The fourth-order valence-corrected chi connectivity index (χ4v) is 3.34. The van der Waals surface area contributed by atoms with Gasteiger partial charge in [0.25, 0.3) is 0 Å². The molecule has 0 unspecified atom stereocenters. The maximum Gasteiger partial charge on any atom is 0.417 e. The molecule has 4 aromatic heterocycles. The summed E-state index contributed by atoms with van der Waals surface area (Å²) >= 11 is 0. The van der Waals surface area contributed by atoms with E-state index in [1.807, 2.05) is 11.9 Å². The second kappa shape index (κ2) is 10.1. The van der Waals surface area contributed by atoms with Gasteiger partial charge in [-0.05, 0) is 30.7 Å². The number of fused-ring (bicyclic) bond motifs is 1. The van der Waals surface area contributed by atoms with Gasteiger partial charge >= 0.3 is 6.18 Å². The number of nitrogens with one attached hydrogen (secondary N) is 1. The minimum atomic E-state index is -4.47. The van der Waals surface area contributed by atoms with Crippen molar-refractivity contribution in [3.05, 3.63) is 54.0 Å². The molecule has 1 N–H and O–H groups in total. The predicted molar refractivity (Wildman–Crippen MR) is 124 cm³/mol. The molecule has 35 heavy (non-hydrogen) atoms. The fraction of sp³-hybridized carbons (Fsp3) is 0.304. The van der Waals surface area contributed by atoms with Gasteiger partial charge in [0.1, 0.15) is 29.4 Å². The van der Waals surface area contributed by atoms with Gasteiger partial charge in [0.2, 0.25) is 0 Å². The van der Waals surface area contributed by atoms with Crippen LogP contribution in [0.25, 0.3) is 22.6 Å². The van der Waals surface area contributed by atoms with E-state index >= 15 is 0 Å². The molecule has 4 rings (SSSR count). The summed E-state index contributed by atoms with van der Waals surface area (Å²) in [6, 6.07) is 5.40. The highest BCUT2D eigenvalue weighted by Gasteiger charge is 2.30. The van der Waals surface area contributed by atoms with Gasteiger partial charge in [-0.3, -0.25) is 0 Å². The Labute approximate surface area is 198 Å². The summed E-state index contributed by atoms with van der Waals surface area (Å²) in [5.74, 6) is 0.766. The summed E-state index contributed by atoms with van der Waals surface area (Å²) in [5.41, 5.74) is 1.11. The largest absolute Gasteiger partial charge is 0.417 e. The SMILES string of the molecule is CCCCN(C)c1cc(CF)c(-c2cnc3c(Nc4ccc(C(F)(F)F)cn4)ccnc3n2)nn1. The number of anilines is 3. The van der Waals surface area contributed by atoms with E-state index in [1.54, 1.807) is 12.1 Å². The number of nitrogens with zero attached hydrogens (tertiary/aromatic N) is 7. The summed E-state index contributed by atoms with van der Waals surface area (Å²) in [6.45, 7) is 2.11. The Hall–Kier alpha value is -3.96. The molecule has 0 bridgehead atoms. The van der Waals surface area contributed by atoms with E-state index in [0.29, 0.717) is 28.3 Å². The quantitative estimate of drug-likeness (QED) is 0.334. The first-order valence-electron chi connectivity index (χ1n) is 10.9. The van der Waals surface area contributed by atoms with Crippen LogP contribution in [0.2, 0.25) is 0 Å². The number of hydrogen-bond acceptors (Lipinski definition) is 8. The smallest absolute Gasteiger partial charge is 0.358 e. The van der Waals surface area contributed by atoms with Crippen molar-refractivity contribution in [3.63, 3.8) is 0 Å². The first-order chi connectivity index (χ1) is 16.8. The second-order valence-corrected chi connectivity index (χ2v) is 7.83. The van der Waals surface area contributed by atoms with Crippen molar-refractivity contribution in [2.45, 2.75) is 32.6 Å². The van der Waals surface area contributed by atoms with Crippen molar-refractivity contribution < 1.29 is 17.6 Å². The minimum Gasteiger partial charge on any atom is -0.358 e. The maximum absolute atomic E-state index is 13.9. The van der Waals surface area contributed by atoms with Crippen LogP contribution in [0.15, 0.2) is 42.9 Å². The van der Waals surface area contributed by atoms with Gasteiger partial charge in [-0.25, -0.2) is 24.3 Å². The zero-order valence-electron chi connectivity index (χ0n) is 19.0. The first kappa shape index (κ1) is 24.2. The third kappa shape index (κ3) is 5.42. The van der Waals surface area contributed by atoms with Crippen LogP contribution in [0.5, 0.6) is 0 Å². The van der Waals surface area contributed by atoms with Crippen molar-refractivity contribution in [1.29, 1.82) is 0 Å². The number of rotatable bonds is 8. The Kier molecular flexibility index (Phi) is 6.99. The van der Waals surface area contributed by atoms with E-state index in [1.165, 1.54) is 18.5 Å². The van der Waals surface area contributed by atoms with E-state index in [9.17, 15) is 17.6 Å². The summed E-state index contributed by atoms with van der Waals surface area (Å²) in [7, 11) is 1.88. The van der Waals surface area contributed by atoms with Crippen LogP contribution >= 0.6 is 0 Å². The normalized spacial score (nSPS) is 11.6. The van der Waals surface area contributed by atoms with Gasteiger partial charge < -0.3 is 10.2 Å². The number of unbranched alkanes of at least 4 members (excludes halogenated alkanes) is 1. The Morgan fingerprint density at radius 3 is 2.54 bits per heavy atom. The standard InChI is InChI=1S/C23H22F4N8/c1-3-4-9-35(2)19-10-14(11-24)20(34-33-19)17-13-30-21-16(7-8-28-22(21)32-17)31-18-6-5-15(12-29-18)23(25,26)27/h5-8,10,12-13H,3-4,9,11H2,1-2H3,(H,28,29,31,32). The molecular weight excluding hydrogens is 464 g/mol. The lowest BCUT2D eigenvalue weighted by Crippen LogP contribution is -2.20. The van der Waals surface area contributed by atoms with Crippen molar-refractivity contribution in [1.82, 2.24) is 30.1 Å². The average Bonchev–Trinajstić information content (AvgIpc) is 2.86. The van der Waals surface area contributed by atoms with E-state index < -0.39 is 18.4 Å². The van der Waals surface area contributed by atoms with Gasteiger partial charge in [0, 0.05) is 31.5 Å². The van der Waals surface area contributed by atoms with Gasteiger partial charge in [0.15, 0.2) is 11.5 Å². The highest BCUT2D eigenvalue weighted by atomic mass is 19.4. The lowest BCUT2D eigenvalue weighted by atomic mass is 10.1. The molecule has 0 aliphatic carbocycles. The molecule has 12 heteroatoms. The lowest BCUT2D eigenvalue weighted by molar-refractivity contribution is -0.137. The summed E-state index contributed by atoms with van der Waals surface area (Å²) in [6.07, 6.45) is 1.18. The summed E-state index contributed by atoms with van der Waals surface area (Å²) in [4.78, 5) is 18.8. The molecule has 0 aliphatic heterocycles. The average molecular weight is 486 g/mol. The van der Waals surface area contributed by atoms with Crippen molar-refractivity contribution >= 4 is 28.5 Å². The van der Waals surface area contributed by atoms with Crippen molar-refractivity contribution in [2.75, 3.05) is 23.8 Å². The molecule has 0 aliphatic rings. The van der Waals surface area contributed by atoms with Gasteiger partial charge in [-0.15, -0.1) is 10.2 Å². The van der Waals surface area contributed by atoms with Gasteiger partial charge in [0.05, 0.1) is 17.4 Å². The molecule has 4 aromatic rings. The third-order valence-electron chi connectivity index (χ3n) is 5.29. The second-order valence-electron chi connectivity index (χ2n) is 7.83. The molecule has 0 aromatic carbocycles. The molecule has 0 saturated heterocycles. The topological polar surface area (TPSA) is 92.6 Å². The third-order valence-corrected chi connectivity index (χ3v) is 5.29. The van der Waals surface area contributed by atoms with Crippen LogP contribution in [0, 0.1) is 0 Å². The zero-order chi connectivity index (χ0) is 25.0. The van der Waals surface area contributed by atoms with Crippen LogP contribution in [0.4, 0.5) is 34.9 Å². The van der Waals surface area contributed by atoms with Gasteiger partial charge in [-0.2, -0.15) is 13.2 Å². The molecule has 8 nitrogen and oxygen atoms in total. The van der Waals surface area contributed by atoms with E-state index in [4.69, 9.17) is 0 Å². The molecule has 0 amide bonds. The Morgan fingerprint density at radius 1 is 1.03 bits per heavy atom. The lowest BCUT2D eigenvalue weighted by Gasteiger charge is -2.18. The number of alkyl halides is 4. The monoisotopic (exact) mass is 486 g/mol. The maximum atomic E-state index is 13.9. The number of hydrogen-bond donors (Lipinski definition) is 1. The molecule has 0 fully saturated rings. The molecule has 4 heterocycles. The minimum absolute atomic E-state index is 0.199. The Bertz CT molecular complexity index is 1310. The molecule has 0 saturated carbocycles. The highest BCUT2D eigenvalue weighted by molar-refractivity contribution is 5.87. The van der Waals surface area contributed by atoms with Gasteiger partial charge in [-0.1, -0.05) is 13.3 Å². The molecular formula is C23H22F4N8. The molecule has 182 valence electrons. The summed E-state index contributed by atoms with van der Waals surface area (Å²) < 4.78 is 52.2. The Morgan fingerprint density at radius 2 is 1.86 bits per heavy atom. The van der Waals surface area contributed by atoms with Crippen LogP contribution in [0.3, 0.4) is 0 Å². The Balaban J connectivity index is 1.62. The van der Waals surface area contributed by atoms with E-state index in [2.05, 4.69) is 42.4 Å². The molecule has 0 atom stereocenters. The molecule has 0 spiro atoms. The van der Waals surface area contributed by atoms with Crippen LogP contribution in [0.1, 0.15) is 30.9 Å². The van der Waals surface area contributed by atoms with Crippen molar-refractivity contribution in [3.8, 4) is 11.4 Å². The zero-order valence-corrected chi connectivity index (χ0v) is 19.0. The highest BCUT2D eigenvalue weighted by Crippen LogP contribution is 2.30. The van der Waals surface area contributed by atoms with E-state index in [0.717, 1.165) is 31.6 Å². The fourth-order valence-electron chi connectivity index (χ4n) is 3.34. The van der Waals surface area contributed by atoms with E-state index in [-0.39, 0.29) is 17.2 Å². The predicted octanol–water partition coefficient (Wildman–Crippen LogP) is 5.35. The van der Waals surface area contributed by atoms with Crippen LogP contribution < -0.4 is 10.2 Å². The number of halogens is 4. The molecule has 0 radical (unpaired) electrons. The summed E-state index contributed by atoms with van der Waals surface area (Å²) in [5, 5.41) is 11.3. The first-order valence-corrected chi connectivity index (χ1v) is 10.9.